The fourth-order valence-corrected chi connectivity index (χ4v) is 1.85. The molecule has 1 aromatic rings. The lowest BCUT2D eigenvalue weighted by Crippen LogP contribution is -2.33. The van der Waals surface area contributed by atoms with Crippen LogP contribution in [0.25, 0.3) is 0 Å². The number of aliphatic imine (C=N–C) groups is 1. The maximum Gasteiger partial charge on any atom is 0.346 e. The average Bonchev–Trinajstić information content (AvgIpc) is 2.65. The summed E-state index contributed by atoms with van der Waals surface area (Å²) < 4.78 is 0. The van der Waals surface area contributed by atoms with Gasteiger partial charge in [-0.15, -0.1) is 6.42 Å². The summed E-state index contributed by atoms with van der Waals surface area (Å²) in [7, 11) is 0. The first-order valence-electron chi connectivity index (χ1n) is 5.25. The van der Waals surface area contributed by atoms with E-state index >= 15 is 0 Å². The first-order valence-corrected chi connectivity index (χ1v) is 5.25. The molecule has 18 heavy (non-hydrogen) atoms. The van der Waals surface area contributed by atoms with E-state index in [0.717, 1.165) is 5.56 Å². The second-order valence-corrected chi connectivity index (χ2v) is 3.79. The van der Waals surface area contributed by atoms with E-state index in [-0.39, 0.29) is 12.4 Å². The number of carbonyl (C=O) groups is 1. The number of nitrogens with two attached hydrogens (primary N) is 1. The number of carbonyl (C=O) groups excluding carboxylic acids is 1. The highest BCUT2D eigenvalue weighted by molar-refractivity contribution is 6.03. The molecule has 2 amide bonds. The number of hydrogen-bond acceptors (Lipinski definition) is 3. The molecule has 1 atom stereocenters. The first-order chi connectivity index (χ1) is 8.67. The number of amides is 2. The summed E-state index contributed by atoms with van der Waals surface area (Å²) in [5, 5.41) is 8.73. The maximum absolute atomic E-state index is 11.6. The summed E-state index contributed by atoms with van der Waals surface area (Å²) in [5.41, 5.74) is 7.08. The van der Waals surface area contributed by atoms with Crippen molar-refractivity contribution in [1.82, 2.24) is 4.90 Å². The van der Waals surface area contributed by atoms with Crippen LogP contribution >= 0.6 is 0 Å². The lowest BCUT2D eigenvalue weighted by molar-refractivity contribution is 0.213. The van der Waals surface area contributed by atoms with Crippen LogP contribution in [0.5, 0.6) is 0 Å². The maximum atomic E-state index is 11.6. The van der Waals surface area contributed by atoms with E-state index < -0.39 is 12.1 Å². The number of nitrogens with zero attached hydrogens (tertiary/aromatic N) is 3. The Balaban J connectivity index is 2.36. The van der Waals surface area contributed by atoms with Crippen molar-refractivity contribution in [1.29, 1.82) is 5.26 Å². The summed E-state index contributed by atoms with van der Waals surface area (Å²) in [6.07, 6.45) is 5.22. The Labute approximate surface area is 105 Å². The summed E-state index contributed by atoms with van der Waals surface area (Å²) in [6.45, 7) is 0.147. The minimum Gasteiger partial charge on any atom is -0.385 e. The van der Waals surface area contributed by atoms with Crippen molar-refractivity contribution in [2.24, 2.45) is 10.7 Å². The summed E-state index contributed by atoms with van der Waals surface area (Å²) in [4.78, 5) is 16.7. The van der Waals surface area contributed by atoms with E-state index in [2.05, 4.69) is 10.9 Å². The van der Waals surface area contributed by atoms with Crippen molar-refractivity contribution in [2.75, 3.05) is 6.54 Å². The van der Waals surface area contributed by atoms with Crippen molar-refractivity contribution < 1.29 is 4.79 Å². The molecule has 0 saturated carbocycles. The lowest BCUT2D eigenvalue weighted by atomic mass is 10.0. The molecule has 0 aromatic heterocycles. The molecule has 2 N–H and O–H groups in total. The van der Waals surface area contributed by atoms with Crippen LogP contribution in [0.3, 0.4) is 0 Å². The van der Waals surface area contributed by atoms with Crippen LogP contribution in [0, 0.1) is 23.7 Å². The molecule has 5 nitrogen and oxygen atoms in total. The van der Waals surface area contributed by atoms with Crippen LogP contribution in [0.1, 0.15) is 17.2 Å². The first kappa shape index (κ1) is 11.7. The third kappa shape index (κ3) is 1.90. The fourth-order valence-electron chi connectivity index (χ4n) is 1.85. The van der Waals surface area contributed by atoms with Gasteiger partial charge in [0, 0.05) is 0 Å². The highest BCUT2D eigenvalue weighted by Crippen LogP contribution is 2.26. The van der Waals surface area contributed by atoms with Crippen LogP contribution in [0.4, 0.5) is 4.79 Å². The number of rotatable bonds is 2. The lowest BCUT2D eigenvalue weighted by Gasteiger charge is -2.22. The quantitative estimate of drug-likeness (QED) is 0.781. The predicted molar refractivity (Wildman–Crippen MR) is 66.5 cm³/mol. The zero-order chi connectivity index (χ0) is 13.1. The van der Waals surface area contributed by atoms with Gasteiger partial charge in [-0.05, 0) is 17.7 Å². The number of benzene rings is 1. The third-order valence-electron chi connectivity index (χ3n) is 2.68. The van der Waals surface area contributed by atoms with Gasteiger partial charge in [0.1, 0.15) is 11.9 Å². The molecule has 5 heteroatoms. The van der Waals surface area contributed by atoms with Gasteiger partial charge < -0.3 is 5.73 Å². The monoisotopic (exact) mass is 238 g/mol. The Morgan fingerprint density at radius 3 is 2.67 bits per heavy atom. The summed E-state index contributed by atoms with van der Waals surface area (Å²) >= 11 is 0. The minimum absolute atomic E-state index is 0.147. The van der Waals surface area contributed by atoms with Gasteiger partial charge in [-0.25, -0.2) is 4.79 Å². The van der Waals surface area contributed by atoms with Gasteiger partial charge in [0.15, 0.2) is 0 Å². The molecule has 0 bridgehead atoms. The van der Waals surface area contributed by atoms with Crippen LogP contribution < -0.4 is 5.73 Å². The van der Waals surface area contributed by atoms with Gasteiger partial charge in [0.25, 0.3) is 0 Å². The minimum atomic E-state index is -0.443. The highest BCUT2D eigenvalue weighted by Gasteiger charge is 2.33. The molecule has 0 aliphatic carbocycles. The van der Waals surface area contributed by atoms with Crippen molar-refractivity contribution in [2.45, 2.75) is 6.04 Å². The zero-order valence-corrected chi connectivity index (χ0v) is 9.50. The van der Waals surface area contributed by atoms with Crippen LogP contribution in [0.15, 0.2) is 29.3 Å². The van der Waals surface area contributed by atoms with Gasteiger partial charge in [-0.1, -0.05) is 18.1 Å². The molecule has 1 aliphatic rings. The topological polar surface area (TPSA) is 82.5 Å². The van der Waals surface area contributed by atoms with E-state index in [4.69, 9.17) is 17.4 Å². The standard InChI is InChI=1S/C13H10N4O/c1-2-7-17-11(12(15)16-13(17)18)10-5-3-9(8-14)4-6-10/h1,3-6,11H,7H2,(H2,15,16,18). The van der Waals surface area contributed by atoms with E-state index in [0.29, 0.717) is 5.56 Å². The second kappa shape index (κ2) is 4.60. The van der Waals surface area contributed by atoms with Crippen molar-refractivity contribution in [3.8, 4) is 18.4 Å². The van der Waals surface area contributed by atoms with Crippen LogP contribution in [-0.4, -0.2) is 23.3 Å². The summed E-state index contributed by atoms with van der Waals surface area (Å²) in [6, 6.07) is 7.97. The smallest absolute Gasteiger partial charge is 0.346 e. The van der Waals surface area contributed by atoms with E-state index in [1.165, 1.54) is 4.90 Å². The zero-order valence-electron chi connectivity index (χ0n) is 9.50. The molecule has 1 aromatic carbocycles. The fraction of sp³-hybridized carbons (Fsp3) is 0.154. The second-order valence-electron chi connectivity index (χ2n) is 3.79. The molecule has 1 aliphatic heterocycles. The van der Waals surface area contributed by atoms with Gasteiger partial charge in [0.05, 0.1) is 18.2 Å². The molecule has 2 rings (SSSR count). The van der Waals surface area contributed by atoms with Crippen LogP contribution in [0.2, 0.25) is 0 Å². The van der Waals surface area contributed by atoms with Gasteiger partial charge in [-0.3, -0.25) is 4.90 Å². The van der Waals surface area contributed by atoms with Crippen molar-refractivity contribution >= 4 is 11.9 Å². The van der Waals surface area contributed by atoms with Gasteiger partial charge >= 0.3 is 6.03 Å². The largest absolute Gasteiger partial charge is 0.385 e. The Morgan fingerprint density at radius 2 is 2.11 bits per heavy atom. The Morgan fingerprint density at radius 1 is 1.44 bits per heavy atom. The van der Waals surface area contributed by atoms with E-state index in [1.54, 1.807) is 24.3 Å². The third-order valence-corrected chi connectivity index (χ3v) is 2.68. The highest BCUT2D eigenvalue weighted by atomic mass is 16.2. The molecule has 0 radical (unpaired) electrons. The van der Waals surface area contributed by atoms with E-state index in [1.807, 2.05) is 6.07 Å². The Bertz CT molecular complexity index is 589. The molecule has 0 spiro atoms. The van der Waals surface area contributed by atoms with Crippen LogP contribution in [-0.2, 0) is 0 Å². The number of urea groups is 1. The molecule has 0 saturated heterocycles. The number of amidine groups is 1. The van der Waals surface area contributed by atoms with Gasteiger partial charge in [-0.2, -0.15) is 10.3 Å². The molecular formula is C13H10N4O. The van der Waals surface area contributed by atoms with E-state index in [9.17, 15) is 4.79 Å². The Kier molecular flexibility index (Phi) is 2.99. The van der Waals surface area contributed by atoms with Gasteiger partial charge in [0.2, 0.25) is 0 Å². The molecule has 88 valence electrons. The Hall–Kier alpha value is -2.79. The molecular weight excluding hydrogens is 228 g/mol. The molecule has 1 heterocycles. The molecule has 1 unspecified atom stereocenters. The molecule has 0 fully saturated rings. The average molecular weight is 238 g/mol. The number of terminal acetylenes is 1. The number of hydrogen-bond donors (Lipinski definition) is 1. The number of nitriles is 1. The normalized spacial score (nSPS) is 18.1. The summed E-state index contributed by atoms with van der Waals surface area (Å²) in [5.74, 6) is 2.63. The van der Waals surface area contributed by atoms with Crippen molar-refractivity contribution in [3.05, 3.63) is 35.4 Å². The predicted octanol–water partition coefficient (Wildman–Crippen LogP) is 1.03. The van der Waals surface area contributed by atoms with Crippen molar-refractivity contribution in [3.63, 3.8) is 0 Å². The SMILES string of the molecule is C#CCN1C(=O)N=C(N)C1c1ccc(C#N)cc1.